The second-order valence-corrected chi connectivity index (χ2v) is 5.63. The molecule has 1 aliphatic carbocycles. The summed E-state index contributed by atoms with van der Waals surface area (Å²) in [6.07, 6.45) is 8.48. The van der Waals surface area contributed by atoms with Gasteiger partial charge in [0.2, 0.25) is 11.2 Å². The number of ether oxygens (including phenoxy) is 1. The lowest BCUT2D eigenvalue weighted by Crippen LogP contribution is -2.32. The zero-order chi connectivity index (χ0) is 14.4. The predicted molar refractivity (Wildman–Crippen MR) is 80.5 cm³/mol. The summed E-state index contributed by atoms with van der Waals surface area (Å²) in [4.78, 5) is 14.7. The standard InChI is InChI=1S/C14H23ClN4O/c1-3-10-20-14-17-12(15)16-13(18-14)19(2)11-8-6-4-5-7-9-11/h11H,3-10H2,1-2H3. The Bertz CT molecular complexity index is 422. The van der Waals surface area contributed by atoms with E-state index in [2.05, 4.69) is 19.9 Å². The third-order valence-corrected chi connectivity index (χ3v) is 3.87. The minimum absolute atomic E-state index is 0.196. The molecule has 1 saturated carbocycles. The summed E-state index contributed by atoms with van der Waals surface area (Å²) in [5, 5.41) is 0.196. The normalized spacial score (nSPS) is 16.8. The second kappa shape index (κ2) is 7.62. The van der Waals surface area contributed by atoms with Crippen molar-refractivity contribution in [3.63, 3.8) is 0 Å². The quantitative estimate of drug-likeness (QED) is 0.779. The fourth-order valence-corrected chi connectivity index (χ4v) is 2.69. The zero-order valence-electron chi connectivity index (χ0n) is 12.3. The Hall–Kier alpha value is -1.10. The number of hydrogen-bond donors (Lipinski definition) is 0. The molecule has 0 aromatic carbocycles. The van der Waals surface area contributed by atoms with Crippen LogP contribution in [0.1, 0.15) is 51.9 Å². The minimum atomic E-state index is 0.196. The molecule has 0 atom stereocenters. The van der Waals surface area contributed by atoms with E-state index in [1.807, 2.05) is 14.0 Å². The van der Waals surface area contributed by atoms with Gasteiger partial charge in [0.05, 0.1) is 6.61 Å². The number of hydrogen-bond acceptors (Lipinski definition) is 5. The van der Waals surface area contributed by atoms with Crippen LogP contribution in [0.5, 0.6) is 6.01 Å². The lowest BCUT2D eigenvalue weighted by molar-refractivity contribution is 0.291. The smallest absolute Gasteiger partial charge is 0.322 e. The van der Waals surface area contributed by atoms with Crippen molar-refractivity contribution >= 4 is 17.5 Å². The highest BCUT2D eigenvalue weighted by Gasteiger charge is 2.20. The molecule has 5 nitrogen and oxygen atoms in total. The van der Waals surface area contributed by atoms with Crippen molar-refractivity contribution in [3.05, 3.63) is 5.28 Å². The van der Waals surface area contributed by atoms with Gasteiger partial charge in [-0.25, -0.2) is 0 Å². The number of nitrogens with zero attached hydrogens (tertiary/aromatic N) is 4. The Morgan fingerprint density at radius 3 is 2.50 bits per heavy atom. The minimum Gasteiger partial charge on any atom is -0.463 e. The van der Waals surface area contributed by atoms with E-state index < -0.39 is 0 Å². The van der Waals surface area contributed by atoms with Gasteiger partial charge in [0.15, 0.2) is 0 Å². The molecule has 0 radical (unpaired) electrons. The van der Waals surface area contributed by atoms with Crippen molar-refractivity contribution in [1.29, 1.82) is 0 Å². The van der Waals surface area contributed by atoms with E-state index in [0.717, 1.165) is 6.42 Å². The molecule has 0 N–H and O–H groups in total. The lowest BCUT2D eigenvalue weighted by Gasteiger charge is -2.27. The maximum absolute atomic E-state index is 5.98. The molecule has 1 aromatic heterocycles. The molecule has 112 valence electrons. The molecule has 0 amide bonds. The molecule has 1 aromatic rings. The molecule has 0 bridgehead atoms. The van der Waals surface area contributed by atoms with Crippen LogP contribution in [-0.2, 0) is 0 Å². The topological polar surface area (TPSA) is 51.1 Å². The number of aromatic nitrogens is 3. The molecule has 1 aliphatic rings. The van der Waals surface area contributed by atoms with Crippen LogP contribution in [0.4, 0.5) is 5.95 Å². The van der Waals surface area contributed by atoms with E-state index in [1.54, 1.807) is 0 Å². The second-order valence-electron chi connectivity index (χ2n) is 5.29. The summed E-state index contributed by atoms with van der Waals surface area (Å²) in [7, 11) is 2.03. The van der Waals surface area contributed by atoms with Crippen LogP contribution in [0.3, 0.4) is 0 Å². The number of halogens is 1. The van der Waals surface area contributed by atoms with Crippen molar-refractivity contribution in [2.24, 2.45) is 0 Å². The van der Waals surface area contributed by atoms with Gasteiger partial charge < -0.3 is 9.64 Å². The van der Waals surface area contributed by atoms with Crippen molar-refractivity contribution in [1.82, 2.24) is 15.0 Å². The first-order chi connectivity index (χ1) is 9.70. The van der Waals surface area contributed by atoms with Crippen molar-refractivity contribution < 1.29 is 4.74 Å². The lowest BCUT2D eigenvalue weighted by atomic mass is 10.1. The van der Waals surface area contributed by atoms with E-state index in [9.17, 15) is 0 Å². The first-order valence-corrected chi connectivity index (χ1v) is 7.85. The van der Waals surface area contributed by atoms with Crippen molar-refractivity contribution in [2.45, 2.75) is 57.9 Å². The Morgan fingerprint density at radius 2 is 1.85 bits per heavy atom. The van der Waals surface area contributed by atoms with Gasteiger partial charge in [-0.15, -0.1) is 0 Å². The Balaban J connectivity index is 2.11. The number of rotatable bonds is 5. The molecule has 1 heterocycles. The van der Waals surface area contributed by atoms with Gasteiger partial charge in [-0.1, -0.05) is 32.6 Å². The fourth-order valence-electron chi connectivity index (χ4n) is 2.55. The van der Waals surface area contributed by atoms with Gasteiger partial charge in [0.25, 0.3) is 0 Å². The van der Waals surface area contributed by atoms with Gasteiger partial charge in [-0.05, 0) is 30.9 Å². The van der Waals surface area contributed by atoms with Gasteiger partial charge in [-0.3, -0.25) is 0 Å². The predicted octanol–water partition coefficient (Wildman–Crippen LogP) is 3.47. The highest BCUT2D eigenvalue weighted by molar-refractivity contribution is 6.28. The molecule has 1 fully saturated rings. The highest BCUT2D eigenvalue weighted by Crippen LogP contribution is 2.24. The van der Waals surface area contributed by atoms with Crippen molar-refractivity contribution in [2.75, 3.05) is 18.6 Å². The highest BCUT2D eigenvalue weighted by atomic mass is 35.5. The Morgan fingerprint density at radius 1 is 1.15 bits per heavy atom. The van der Waals surface area contributed by atoms with Crippen molar-refractivity contribution in [3.8, 4) is 6.01 Å². The number of anilines is 1. The van der Waals surface area contributed by atoms with E-state index in [1.165, 1.54) is 38.5 Å². The third kappa shape index (κ3) is 4.20. The van der Waals surface area contributed by atoms with E-state index >= 15 is 0 Å². The van der Waals surface area contributed by atoms with Gasteiger partial charge in [0, 0.05) is 13.1 Å². The third-order valence-electron chi connectivity index (χ3n) is 3.70. The molecule has 0 saturated heterocycles. The summed E-state index contributed by atoms with van der Waals surface area (Å²) in [6, 6.07) is 0.803. The first-order valence-electron chi connectivity index (χ1n) is 7.48. The zero-order valence-corrected chi connectivity index (χ0v) is 13.1. The van der Waals surface area contributed by atoms with Crippen LogP contribution in [0, 0.1) is 0 Å². The van der Waals surface area contributed by atoms with Crippen LogP contribution >= 0.6 is 11.6 Å². The molecular formula is C14H23ClN4O. The summed E-state index contributed by atoms with van der Waals surface area (Å²) in [5.74, 6) is 0.614. The SMILES string of the molecule is CCCOc1nc(Cl)nc(N(C)C2CCCCCC2)n1. The molecule has 20 heavy (non-hydrogen) atoms. The molecule has 0 spiro atoms. The van der Waals surface area contributed by atoms with Crippen LogP contribution in [0.25, 0.3) is 0 Å². The maximum Gasteiger partial charge on any atom is 0.322 e. The molecule has 0 unspecified atom stereocenters. The Kier molecular flexibility index (Phi) is 5.83. The van der Waals surface area contributed by atoms with E-state index in [-0.39, 0.29) is 5.28 Å². The fraction of sp³-hybridized carbons (Fsp3) is 0.786. The largest absolute Gasteiger partial charge is 0.463 e. The van der Waals surface area contributed by atoms with Crippen LogP contribution in [-0.4, -0.2) is 34.6 Å². The molecule has 0 aliphatic heterocycles. The van der Waals surface area contributed by atoms with Crippen LogP contribution in [0.15, 0.2) is 0 Å². The average Bonchev–Trinajstić information content (AvgIpc) is 2.72. The molecule has 2 rings (SSSR count). The summed E-state index contributed by atoms with van der Waals surface area (Å²) < 4.78 is 5.47. The van der Waals surface area contributed by atoms with Crippen LogP contribution < -0.4 is 9.64 Å². The van der Waals surface area contributed by atoms with Crippen LogP contribution in [0.2, 0.25) is 5.28 Å². The van der Waals surface area contributed by atoms with Gasteiger partial charge in [0.1, 0.15) is 0 Å². The summed E-state index contributed by atoms with van der Waals surface area (Å²) in [5.41, 5.74) is 0. The first kappa shape index (κ1) is 15.3. The van der Waals surface area contributed by atoms with E-state index in [0.29, 0.717) is 24.6 Å². The van der Waals surface area contributed by atoms with E-state index in [4.69, 9.17) is 16.3 Å². The van der Waals surface area contributed by atoms with Gasteiger partial charge >= 0.3 is 6.01 Å². The Labute approximate surface area is 125 Å². The molecular weight excluding hydrogens is 276 g/mol. The molecule has 6 heteroatoms. The summed E-state index contributed by atoms with van der Waals surface area (Å²) >= 11 is 5.98. The van der Waals surface area contributed by atoms with Gasteiger partial charge in [-0.2, -0.15) is 15.0 Å². The summed E-state index contributed by atoms with van der Waals surface area (Å²) in [6.45, 7) is 2.63. The maximum atomic E-state index is 5.98. The average molecular weight is 299 g/mol. The monoisotopic (exact) mass is 298 g/mol.